The van der Waals surface area contributed by atoms with Crippen LogP contribution >= 0.6 is 0 Å². The van der Waals surface area contributed by atoms with Crippen LogP contribution in [0.25, 0.3) is 10.9 Å². The predicted octanol–water partition coefficient (Wildman–Crippen LogP) is 2.85. The summed E-state index contributed by atoms with van der Waals surface area (Å²) in [6.45, 7) is 7.57. The number of hydrogen-bond donors (Lipinski definition) is 3. The third-order valence-electron chi connectivity index (χ3n) is 8.29. The quantitative estimate of drug-likeness (QED) is 0.411. The zero-order valence-corrected chi connectivity index (χ0v) is 22.1. The number of pyridine rings is 2. The molecule has 3 fully saturated rings. The van der Waals surface area contributed by atoms with Crippen LogP contribution in [0, 0.1) is 0 Å². The van der Waals surface area contributed by atoms with E-state index in [0.717, 1.165) is 56.0 Å². The van der Waals surface area contributed by atoms with Crippen molar-refractivity contribution in [1.82, 2.24) is 29.7 Å². The molecule has 38 heavy (non-hydrogen) atoms. The molecule has 0 saturated carbocycles. The zero-order valence-electron chi connectivity index (χ0n) is 22.1. The van der Waals surface area contributed by atoms with Crippen LogP contribution in [0.5, 0.6) is 0 Å². The van der Waals surface area contributed by atoms with E-state index in [1.807, 2.05) is 24.5 Å². The van der Waals surface area contributed by atoms with Crippen LogP contribution in [0.4, 0.5) is 17.6 Å². The standard InChI is InChI=1S/C28H38N8O2/c1-19(38)24-15-21-17-30-28(33-26(21)27(31-24)36-22-3-2-4-23(36)7-6-22)32-25-8-5-20(16-29-25)18-35-11-9-34(10-12-35)13-14-37/h5,8,15-17,19,22-23,37-38H,2-4,6-7,9-14,18H2,1H3,(H,29,30,32,33)/t19-,22?,23?/m1/s1. The first-order valence-electron chi connectivity index (χ1n) is 14.0. The molecular weight excluding hydrogens is 480 g/mol. The van der Waals surface area contributed by atoms with Crippen molar-refractivity contribution >= 4 is 28.5 Å². The predicted molar refractivity (Wildman–Crippen MR) is 147 cm³/mol. The number of rotatable bonds is 8. The van der Waals surface area contributed by atoms with Crippen molar-refractivity contribution in [3.63, 3.8) is 0 Å². The summed E-state index contributed by atoms with van der Waals surface area (Å²) in [6.07, 6.45) is 9.10. The first-order chi connectivity index (χ1) is 18.6. The van der Waals surface area contributed by atoms with E-state index >= 15 is 0 Å². The molecule has 202 valence electrons. The van der Waals surface area contributed by atoms with Gasteiger partial charge in [0.25, 0.3) is 0 Å². The van der Waals surface area contributed by atoms with E-state index in [1.165, 1.54) is 37.7 Å². The third-order valence-corrected chi connectivity index (χ3v) is 8.29. The second kappa shape index (κ2) is 11.1. The van der Waals surface area contributed by atoms with Crippen LogP contribution in [0.1, 0.15) is 56.4 Å². The second-order valence-electron chi connectivity index (χ2n) is 10.9. The average Bonchev–Trinajstić information content (AvgIpc) is 3.17. The zero-order chi connectivity index (χ0) is 26.1. The van der Waals surface area contributed by atoms with Gasteiger partial charge in [-0.25, -0.2) is 19.9 Å². The SMILES string of the molecule is C[C@@H](O)c1cc2cnc(Nc3ccc(CN4CCN(CCO)CC4)cn3)nc2c(N2C3CCCC2CC3)n1. The van der Waals surface area contributed by atoms with Crippen LogP contribution < -0.4 is 10.2 Å². The molecule has 0 radical (unpaired) electrons. The molecule has 2 bridgehead atoms. The van der Waals surface area contributed by atoms with Gasteiger partial charge in [0.05, 0.1) is 18.4 Å². The number of aliphatic hydroxyl groups is 2. The highest BCUT2D eigenvalue weighted by Crippen LogP contribution is 2.41. The number of aliphatic hydroxyl groups excluding tert-OH is 2. The fraction of sp³-hybridized carbons (Fsp3) is 0.571. The van der Waals surface area contributed by atoms with Gasteiger partial charge in [0.2, 0.25) is 5.95 Å². The molecule has 10 heteroatoms. The van der Waals surface area contributed by atoms with E-state index in [2.05, 4.69) is 36.1 Å². The number of hydrogen-bond acceptors (Lipinski definition) is 10. The molecule has 3 aromatic rings. The molecule has 3 N–H and O–H groups in total. The highest BCUT2D eigenvalue weighted by Gasteiger charge is 2.38. The number of piperazine rings is 1. The average molecular weight is 519 g/mol. The van der Waals surface area contributed by atoms with E-state index in [4.69, 9.17) is 15.1 Å². The lowest BCUT2D eigenvalue weighted by atomic mass is 10.0. The van der Waals surface area contributed by atoms with Crippen molar-refractivity contribution < 1.29 is 10.2 Å². The van der Waals surface area contributed by atoms with Gasteiger partial charge in [0.15, 0.2) is 5.82 Å². The van der Waals surface area contributed by atoms with Crippen LogP contribution in [0.3, 0.4) is 0 Å². The lowest BCUT2D eigenvalue weighted by Crippen LogP contribution is -2.46. The number of anilines is 3. The molecule has 3 saturated heterocycles. The normalized spacial score (nSPS) is 23.2. The summed E-state index contributed by atoms with van der Waals surface area (Å²) in [6, 6.07) is 6.96. The maximum absolute atomic E-state index is 10.3. The molecule has 3 atom stereocenters. The smallest absolute Gasteiger partial charge is 0.229 e. The Morgan fingerprint density at radius 2 is 1.74 bits per heavy atom. The molecule has 6 heterocycles. The van der Waals surface area contributed by atoms with Crippen molar-refractivity contribution in [1.29, 1.82) is 0 Å². The Hall–Kier alpha value is -2.92. The van der Waals surface area contributed by atoms with Gasteiger partial charge in [-0.2, -0.15) is 0 Å². The van der Waals surface area contributed by atoms with E-state index in [0.29, 0.717) is 29.5 Å². The van der Waals surface area contributed by atoms with Crippen LogP contribution in [-0.2, 0) is 6.54 Å². The molecule has 0 amide bonds. The lowest BCUT2D eigenvalue weighted by Gasteiger charge is -2.36. The molecule has 0 aromatic carbocycles. The minimum Gasteiger partial charge on any atom is -0.395 e. The number of β-amino-alcohol motifs (C(OH)–C–C–N with tert-alkyl or cyclic N) is 1. The number of piperidine rings is 1. The molecule has 6 rings (SSSR count). The highest BCUT2D eigenvalue weighted by atomic mass is 16.3. The Morgan fingerprint density at radius 3 is 2.42 bits per heavy atom. The largest absolute Gasteiger partial charge is 0.395 e. The Bertz CT molecular complexity index is 1230. The van der Waals surface area contributed by atoms with Crippen LogP contribution in [-0.4, -0.2) is 91.4 Å². The summed E-state index contributed by atoms with van der Waals surface area (Å²) < 4.78 is 0. The molecule has 3 aliphatic rings. The van der Waals surface area contributed by atoms with E-state index in [9.17, 15) is 5.11 Å². The summed E-state index contributed by atoms with van der Waals surface area (Å²) in [5.74, 6) is 2.07. The molecular formula is C28H38N8O2. The van der Waals surface area contributed by atoms with Gasteiger partial charge in [0, 0.05) is 69.1 Å². The number of nitrogens with zero attached hydrogens (tertiary/aromatic N) is 7. The topological polar surface area (TPSA) is 114 Å². The van der Waals surface area contributed by atoms with Gasteiger partial charge in [0.1, 0.15) is 11.3 Å². The molecule has 0 aliphatic carbocycles. The number of aromatic nitrogens is 4. The Morgan fingerprint density at radius 1 is 0.974 bits per heavy atom. The number of fused-ring (bicyclic) bond motifs is 3. The van der Waals surface area contributed by atoms with Gasteiger partial charge >= 0.3 is 0 Å². The van der Waals surface area contributed by atoms with Crippen molar-refractivity contribution in [3.8, 4) is 0 Å². The molecule has 3 aromatic heterocycles. The van der Waals surface area contributed by atoms with E-state index < -0.39 is 6.10 Å². The van der Waals surface area contributed by atoms with Crippen molar-refractivity contribution in [2.45, 2.75) is 63.8 Å². The summed E-state index contributed by atoms with van der Waals surface area (Å²) >= 11 is 0. The molecule has 0 spiro atoms. The Labute approximate surface area is 223 Å². The van der Waals surface area contributed by atoms with E-state index in [-0.39, 0.29) is 6.61 Å². The van der Waals surface area contributed by atoms with Gasteiger partial charge in [-0.3, -0.25) is 9.80 Å². The summed E-state index contributed by atoms with van der Waals surface area (Å²) in [7, 11) is 0. The maximum Gasteiger partial charge on any atom is 0.229 e. The van der Waals surface area contributed by atoms with Gasteiger partial charge in [-0.05, 0) is 56.7 Å². The minimum atomic E-state index is -0.648. The highest BCUT2D eigenvalue weighted by molar-refractivity contribution is 5.90. The fourth-order valence-electron chi connectivity index (χ4n) is 6.24. The maximum atomic E-state index is 10.3. The molecule has 3 aliphatic heterocycles. The second-order valence-corrected chi connectivity index (χ2v) is 10.9. The summed E-state index contributed by atoms with van der Waals surface area (Å²) in [4.78, 5) is 26.2. The third kappa shape index (κ3) is 5.31. The summed E-state index contributed by atoms with van der Waals surface area (Å²) in [5.41, 5.74) is 2.65. The monoisotopic (exact) mass is 518 g/mol. The first kappa shape index (κ1) is 25.4. The van der Waals surface area contributed by atoms with Crippen molar-refractivity contribution in [2.24, 2.45) is 0 Å². The summed E-state index contributed by atoms with van der Waals surface area (Å²) in [5, 5.41) is 23.6. The van der Waals surface area contributed by atoms with Crippen LogP contribution in [0.2, 0.25) is 0 Å². The minimum absolute atomic E-state index is 0.222. The number of nitrogens with one attached hydrogen (secondary N) is 1. The molecule has 10 nitrogen and oxygen atoms in total. The molecule has 2 unspecified atom stereocenters. The Kier molecular flexibility index (Phi) is 7.38. The lowest BCUT2D eigenvalue weighted by molar-refractivity contribution is 0.108. The fourth-order valence-corrected chi connectivity index (χ4v) is 6.24. The van der Waals surface area contributed by atoms with Crippen LogP contribution in [0.15, 0.2) is 30.6 Å². The first-order valence-corrected chi connectivity index (χ1v) is 14.0. The van der Waals surface area contributed by atoms with Gasteiger partial charge in [-0.15, -0.1) is 0 Å². The van der Waals surface area contributed by atoms with Crippen molar-refractivity contribution in [2.75, 3.05) is 49.5 Å². The Balaban J connectivity index is 1.19. The van der Waals surface area contributed by atoms with Gasteiger partial charge in [-0.1, -0.05) is 6.07 Å². The van der Waals surface area contributed by atoms with E-state index in [1.54, 1.807) is 6.92 Å². The van der Waals surface area contributed by atoms with Crippen molar-refractivity contribution in [3.05, 3.63) is 41.9 Å². The van der Waals surface area contributed by atoms with Gasteiger partial charge < -0.3 is 20.4 Å².